The highest BCUT2D eigenvalue weighted by atomic mass is 16.6. The van der Waals surface area contributed by atoms with Gasteiger partial charge in [-0.3, -0.25) is 4.90 Å². The van der Waals surface area contributed by atoms with Gasteiger partial charge in [0.2, 0.25) is 0 Å². The third-order valence-corrected chi connectivity index (χ3v) is 4.08. The van der Waals surface area contributed by atoms with E-state index >= 15 is 0 Å². The Kier molecular flexibility index (Phi) is 2.52. The Morgan fingerprint density at radius 3 is 2.62 bits per heavy atom. The molecule has 0 saturated carbocycles. The maximum atomic E-state index is 11.0. The lowest BCUT2D eigenvalue weighted by atomic mass is 9.98. The molecule has 0 aromatic carbocycles. The fourth-order valence-electron chi connectivity index (χ4n) is 3.38. The molecule has 0 aliphatic carbocycles. The fourth-order valence-corrected chi connectivity index (χ4v) is 3.38. The zero-order valence-corrected chi connectivity index (χ0v) is 9.39. The minimum atomic E-state index is -0.272. The number of hydrogen-bond donors (Lipinski definition) is 2. The molecule has 3 heterocycles. The molecule has 5 heteroatoms. The second-order valence-corrected chi connectivity index (χ2v) is 5.22. The van der Waals surface area contributed by atoms with E-state index in [1.165, 1.54) is 12.8 Å². The van der Waals surface area contributed by atoms with Crippen LogP contribution < -0.4 is 11.1 Å². The molecular weight excluding hydrogens is 206 g/mol. The minimum Gasteiger partial charge on any atom is -0.443 e. The Labute approximate surface area is 95.3 Å². The molecule has 3 aliphatic rings. The number of nitrogens with zero attached hydrogens (tertiary/aromatic N) is 1. The number of rotatable bonds is 2. The predicted molar refractivity (Wildman–Crippen MR) is 59.0 cm³/mol. The summed E-state index contributed by atoms with van der Waals surface area (Å²) in [4.78, 5) is 13.5. The minimum absolute atomic E-state index is 0.0323. The first-order valence-corrected chi connectivity index (χ1v) is 6.18. The Morgan fingerprint density at radius 1 is 1.38 bits per heavy atom. The molecule has 0 aromatic heterocycles. The molecule has 0 spiro atoms. The van der Waals surface area contributed by atoms with Crippen molar-refractivity contribution < 1.29 is 9.53 Å². The van der Waals surface area contributed by atoms with Gasteiger partial charge >= 0.3 is 6.09 Å². The molecule has 0 aromatic rings. The van der Waals surface area contributed by atoms with E-state index in [-0.39, 0.29) is 12.2 Å². The average Bonchev–Trinajstić information content (AvgIpc) is 2.72. The van der Waals surface area contributed by atoms with Gasteiger partial charge in [0.15, 0.2) is 0 Å². The molecule has 90 valence electrons. The van der Waals surface area contributed by atoms with Crippen LogP contribution in [0, 0.1) is 0 Å². The van der Waals surface area contributed by atoms with E-state index in [0.717, 1.165) is 19.4 Å². The zero-order valence-electron chi connectivity index (χ0n) is 9.39. The van der Waals surface area contributed by atoms with E-state index in [4.69, 9.17) is 10.5 Å². The number of cyclic esters (lactones) is 1. The number of amides is 1. The lowest BCUT2D eigenvalue weighted by Crippen LogP contribution is -2.50. The van der Waals surface area contributed by atoms with Gasteiger partial charge in [0.25, 0.3) is 0 Å². The Hall–Kier alpha value is -0.810. The third kappa shape index (κ3) is 1.78. The molecular formula is C11H19N3O2. The molecule has 3 saturated heterocycles. The van der Waals surface area contributed by atoms with Crippen LogP contribution >= 0.6 is 0 Å². The summed E-state index contributed by atoms with van der Waals surface area (Å²) in [6.45, 7) is 1.53. The van der Waals surface area contributed by atoms with E-state index in [2.05, 4.69) is 10.2 Å². The van der Waals surface area contributed by atoms with Gasteiger partial charge in [-0.1, -0.05) is 0 Å². The van der Waals surface area contributed by atoms with Gasteiger partial charge in [0.1, 0.15) is 6.10 Å². The standard InChI is InChI=1S/C11H19N3O2/c12-7-3-8-1-2-9(4-7)14(8)6-10-5-13-11(15)16-10/h7-10H,1-6,12H2,(H,13,15). The molecule has 1 amide bonds. The van der Waals surface area contributed by atoms with Crippen molar-refractivity contribution in [1.82, 2.24) is 10.2 Å². The van der Waals surface area contributed by atoms with Gasteiger partial charge in [-0.05, 0) is 25.7 Å². The number of nitrogens with two attached hydrogens (primary N) is 1. The van der Waals surface area contributed by atoms with Crippen molar-refractivity contribution in [2.24, 2.45) is 5.73 Å². The summed E-state index contributed by atoms with van der Waals surface area (Å²) >= 11 is 0. The quantitative estimate of drug-likeness (QED) is 0.697. The number of carbonyl (C=O) groups is 1. The maximum Gasteiger partial charge on any atom is 0.407 e. The summed E-state index contributed by atoms with van der Waals surface area (Å²) in [5.41, 5.74) is 6.02. The molecule has 3 fully saturated rings. The second kappa shape index (κ2) is 3.89. The molecule has 3 rings (SSSR count). The molecule has 2 bridgehead atoms. The van der Waals surface area contributed by atoms with Crippen molar-refractivity contribution in [3.05, 3.63) is 0 Å². The Morgan fingerprint density at radius 2 is 2.06 bits per heavy atom. The van der Waals surface area contributed by atoms with Crippen LogP contribution in [-0.2, 0) is 4.74 Å². The fraction of sp³-hybridized carbons (Fsp3) is 0.909. The predicted octanol–water partition coefficient (Wildman–Crippen LogP) is 0.0489. The first kappa shape index (κ1) is 10.4. The number of fused-ring (bicyclic) bond motifs is 2. The van der Waals surface area contributed by atoms with E-state index in [0.29, 0.717) is 24.7 Å². The van der Waals surface area contributed by atoms with Crippen LogP contribution in [0.2, 0.25) is 0 Å². The van der Waals surface area contributed by atoms with Gasteiger partial charge in [0.05, 0.1) is 6.54 Å². The van der Waals surface area contributed by atoms with E-state index < -0.39 is 0 Å². The van der Waals surface area contributed by atoms with Crippen LogP contribution in [0.1, 0.15) is 25.7 Å². The van der Waals surface area contributed by atoms with Crippen molar-refractivity contribution in [3.8, 4) is 0 Å². The van der Waals surface area contributed by atoms with Gasteiger partial charge in [-0.2, -0.15) is 0 Å². The van der Waals surface area contributed by atoms with E-state index in [1.54, 1.807) is 0 Å². The highest BCUT2D eigenvalue weighted by Crippen LogP contribution is 2.35. The number of piperidine rings is 1. The topological polar surface area (TPSA) is 67.6 Å². The molecule has 3 N–H and O–H groups in total. The molecule has 16 heavy (non-hydrogen) atoms. The number of alkyl carbamates (subject to hydrolysis) is 1. The summed E-state index contributed by atoms with van der Waals surface area (Å²) in [5, 5.41) is 2.71. The molecule has 0 radical (unpaired) electrons. The van der Waals surface area contributed by atoms with E-state index in [1.807, 2.05) is 0 Å². The highest BCUT2D eigenvalue weighted by Gasteiger charge is 2.41. The summed E-state index contributed by atoms with van der Waals surface area (Å²) in [6.07, 6.45) is 4.48. The smallest absolute Gasteiger partial charge is 0.407 e. The summed E-state index contributed by atoms with van der Waals surface area (Å²) in [5.74, 6) is 0. The van der Waals surface area contributed by atoms with Crippen LogP contribution in [0.4, 0.5) is 4.79 Å². The first-order chi connectivity index (χ1) is 7.72. The van der Waals surface area contributed by atoms with Gasteiger partial charge in [-0.15, -0.1) is 0 Å². The summed E-state index contributed by atoms with van der Waals surface area (Å²) in [7, 11) is 0. The summed E-state index contributed by atoms with van der Waals surface area (Å²) < 4.78 is 5.19. The van der Waals surface area contributed by atoms with Gasteiger partial charge in [0, 0.05) is 24.7 Å². The van der Waals surface area contributed by atoms with Crippen LogP contribution in [0.5, 0.6) is 0 Å². The largest absolute Gasteiger partial charge is 0.443 e. The first-order valence-electron chi connectivity index (χ1n) is 6.18. The lowest BCUT2D eigenvalue weighted by molar-refractivity contribution is 0.0630. The molecule has 5 nitrogen and oxygen atoms in total. The van der Waals surface area contributed by atoms with Gasteiger partial charge in [-0.25, -0.2) is 4.79 Å². The van der Waals surface area contributed by atoms with Crippen LogP contribution in [0.3, 0.4) is 0 Å². The third-order valence-electron chi connectivity index (χ3n) is 4.08. The number of carbonyl (C=O) groups excluding carboxylic acids is 1. The zero-order chi connectivity index (χ0) is 11.1. The van der Waals surface area contributed by atoms with Gasteiger partial charge < -0.3 is 15.8 Å². The van der Waals surface area contributed by atoms with Crippen LogP contribution in [-0.4, -0.2) is 48.3 Å². The number of hydrogen-bond acceptors (Lipinski definition) is 4. The van der Waals surface area contributed by atoms with Crippen molar-refractivity contribution >= 4 is 6.09 Å². The van der Waals surface area contributed by atoms with Crippen molar-refractivity contribution in [2.75, 3.05) is 13.1 Å². The van der Waals surface area contributed by atoms with Crippen molar-refractivity contribution in [2.45, 2.75) is 49.9 Å². The number of ether oxygens (including phenoxy) is 1. The monoisotopic (exact) mass is 225 g/mol. The second-order valence-electron chi connectivity index (χ2n) is 5.22. The average molecular weight is 225 g/mol. The van der Waals surface area contributed by atoms with Crippen molar-refractivity contribution in [1.29, 1.82) is 0 Å². The van der Waals surface area contributed by atoms with Crippen molar-refractivity contribution in [3.63, 3.8) is 0 Å². The summed E-state index contributed by atoms with van der Waals surface area (Å²) in [6, 6.07) is 1.61. The SMILES string of the molecule is NC1CC2CCC(C1)N2CC1CNC(=O)O1. The molecule has 3 unspecified atom stereocenters. The Balaban J connectivity index is 1.61. The number of nitrogens with one attached hydrogen (secondary N) is 1. The van der Waals surface area contributed by atoms with Crippen LogP contribution in [0.25, 0.3) is 0 Å². The molecule has 3 atom stereocenters. The maximum absolute atomic E-state index is 11.0. The van der Waals surface area contributed by atoms with Crippen LogP contribution in [0.15, 0.2) is 0 Å². The Bertz CT molecular complexity index is 283. The van der Waals surface area contributed by atoms with E-state index in [9.17, 15) is 4.79 Å². The normalized spacial score (nSPS) is 43.2. The lowest BCUT2D eigenvalue weighted by Gasteiger charge is -2.38. The highest BCUT2D eigenvalue weighted by molar-refractivity contribution is 5.69. The molecule has 3 aliphatic heterocycles.